The molecular weight excluding hydrogens is 254 g/mol. The van der Waals surface area contributed by atoms with E-state index in [-0.39, 0.29) is 17.7 Å². The Labute approximate surface area is 118 Å². The second-order valence-corrected chi connectivity index (χ2v) is 4.91. The molecule has 0 aliphatic heterocycles. The van der Waals surface area contributed by atoms with Gasteiger partial charge < -0.3 is 10.5 Å². The Kier molecular flexibility index (Phi) is 4.53. The zero-order chi connectivity index (χ0) is 14.5. The van der Waals surface area contributed by atoms with E-state index in [1.807, 2.05) is 38.1 Å². The molecule has 0 radical (unpaired) electrons. The van der Waals surface area contributed by atoms with E-state index in [1.165, 1.54) is 23.2 Å². The van der Waals surface area contributed by atoms with Gasteiger partial charge in [0.1, 0.15) is 5.75 Å². The molecule has 1 heterocycles. The first kappa shape index (κ1) is 14.3. The molecule has 1 aromatic heterocycles. The Morgan fingerprint density at radius 1 is 1.25 bits per heavy atom. The normalized spacial score (nSPS) is 12.4. The van der Waals surface area contributed by atoms with Crippen molar-refractivity contribution in [1.29, 1.82) is 0 Å². The van der Waals surface area contributed by atoms with Crippen LogP contribution >= 0.6 is 0 Å². The summed E-state index contributed by atoms with van der Waals surface area (Å²) in [5.74, 6) is 0.814. The second kappa shape index (κ2) is 6.34. The maximum Gasteiger partial charge on any atom is 0.253 e. The fraction of sp³-hybridized carbons (Fsp3) is 0.333. The van der Waals surface area contributed by atoms with Gasteiger partial charge in [-0.2, -0.15) is 0 Å². The average molecular weight is 273 g/mol. The van der Waals surface area contributed by atoms with E-state index >= 15 is 0 Å². The van der Waals surface area contributed by atoms with Gasteiger partial charge in [0.25, 0.3) is 5.56 Å². The van der Waals surface area contributed by atoms with Gasteiger partial charge in [-0.15, -0.1) is 0 Å². The summed E-state index contributed by atoms with van der Waals surface area (Å²) in [4.78, 5) is 15.5. The van der Waals surface area contributed by atoms with Crippen LogP contribution < -0.4 is 16.0 Å². The fourth-order valence-electron chi connectivity index (χ4n) is 1.90. The van der Waals surface area contributed by atoms with E-state index < -0.39 is 0 Å². The predicted molar refractivity (Wildman–Crippen MR) is 77.6 cm³/mol. The van der Waals surface area contributed by atoms with Crippen molar-refractivity contribution in [3.8, 4) is 5.75 Å². The molecule has 0 bridgehead atoms. The topological polar surface area (TPSA) is 70.1 Å². The summed E-state index contributed by atoms with van der Waals surface area (Å²) in [5.41, 5.74) is 6.97. The Morgan fingerprint density at radius 2 is 1.95 bits per heavy atom. The molecule has 0 spiro atoms. The molecule has 1 atom stereocenters. The van der Waals surface area contributed by atoms with Crippen molar-refractivity contribution in [2.24, 2.45) is 5.73 Å². The predicted octanol–water partition coefficient (Wildman–Crippen LogP) is 1.73. The first-order valence-corrected chi connectivity index (χ1v) is 6.59. The zero-order valence-electron chi connectivity index (χ0n) is 11.7. The molecule has 5 nitrogen and oxygen atoms in total. The van der Waals surface area contributed by atoms with E-state index in [0.717, 1.165) is 11.3 Å². The summed E-state index contributed by atoms with van der Waals surface area (Å²) < 4.78 is 7.08. The molecule has 0 amide bonds. The fourth-order valence-corrected chi connectivity index (χ4v) is 1.90. The van der Waals surface area contributed by atoms with Gasteiger partial charge >= 0.3 is 0 Å². The van der Waals surface area contributed by atoms with Gasteiger partial charge in [-0.25, -0.2) is 4.98 Å². The lowest BCUT2D eigenvalue weighted by Gasteiger charge is -2.15. The van der Waals surface area contributed by atoms with Crippen molar-refractivity contribution in [2.45, 2.75) is 32.5 Å². The monoisotopic (exact) mass is 273 g/mol. The van der Waals surface area contributed by atoms with E-state index in [2.05, 4.69) is 4.98 Å². The summed E-state index contributed by atoms with van der Waals surface area (Å²) in [6, 6.07) is 8.78. The molecule has 2 N–H and O–H groups in total. The third kappa shape index (κ3) is 3.68. The highest BCUT2D eigenvalue weighted by Crippen LogP contribution is 2.18. The van der Waals surface area contributed by atoms with Crippen LogP contribution in [0.25, 0.3) is 0 Å². The number of nitrogens with zero attached hydrogens (tertiary/aromatic N) is 2. The average Bonchev–Trinajstić information content (AvgIpc) is 2.41. The van der Waals surface area contributed by atoms with Gasteiger partial charge in [0.05, 0.1) is 12.4 Å². The maximum absolute atomic E-state index is 11.6. The number of benzene rings is 1. The van der Waals surface area contributed by atoms with Gasteiger partial charge in [-0.3, -0.25) is 9.36 Å². The van der Waals surface area contributed by atoms with Gasteiger partial charge in [0.15, 0.2) is 0 Å². The number of aromatic nitrogens is 2. The standard InChI is InChI=1S/C15H19N3O2/c1-11(2)20-13-5-3-12(4-6-13)14(16)9-18-10-17-8-7-15(18)19/h3-8,10-11,14H,9,16H2,1-2H3. The van der Waals surface area contributed by atoms with Gasteiger partial charge in [0.2, 0.25) is 0 Å². The van der Waals surface area contributed by atoms with E-state index in [1.54, 1.807) is 0 Å². The van der Waals surface area contributed by atoms with Crippen molar-refractivity contribution in [3.63, 3.8) is 0 Å². The summed E-state index contributed by atoms with van der Waals surface area (Å²) in [6.45, 7) is 4.36. The van der Waals surface area contributed by atoms with Crippen LogP contribution in [0.15, 0.2) is 47.7 Å². The van der Waals surface area contributed by atoms with Crippen LogP contribution in [0.1, 0.15) is 25.5 Å². The molecule has 1 unspecified atom stereocenters. The molecule has 5 heteroatoms. The van der Waals surface area contributed by atoms with Crippen molar-refractivity contribution in [2.75, 3.05) is 0 Å². The van der Waals surface area contributed by atoms with E-state index in [4.69, 9.17) is 10.5 Å². The Hall–Kier alpha value is -2.14. The van der Waals surface area contributed by atoms with Crippen LogP contribution in [-0.2, 0) is 6.54 Å². The van der Waals surface area contributed by atoms with Gasteiger partial charge in [-0.05, 0) is 31.5 Å². The van der Waals surface area contributed by atoms with Crippen LogP contribution in [0.4, 0.5) is 0 Å². The van der Waals surface area contributed by atoms with Crippen LogP contribution in [0, 0.1) is 0 Å². The van der Waals surface area contributed by atoms with E-state index in [9.17, 15) is 4.79 Å². The van der Waals surface area contributed by atoms with Gasteiger partial charge in [0, 0.05) is 24.8 Å². The van der Waals surface area contributed by atoms with Crippen LogP contribution in [0.5, 0.6) is 5.75 Å². The first-order chi connectivity index (χ1) is 9.56. The van der Waals surface area contributed by atoms with Crippen LogP contribution in [0.2, 0.25) is 0 Å². The third-order valence-corrected chi connectivity index (χ3v) is 2.87. The van der Waals surface area contributed by atoms with Gasteiger partial charge in [-0.1, -0.05) is 12.1 Å². The largest absolute Gasteiger partial charge is 0.491 e. The van der Waals surface area contributed by atoms with Crippen molar-refractivity contribution in [3.05, 3.63) is 58.8 Å². The number of hydrogen-bond acceptors (Lipinski definition) is 4. The molecule has 20 heavy (non-hydrogen) atoms. The third-order valence-electron chi connectivity index (χ3n) is 2.87. The number of hydrogen-bond donors (Lipinski definition) is 1. The molecule has 0 aliphatic carbocycles. The minimum absolute atomic E-state index is 0.102. The Balaban J connectivity index is 2.08. The molecule has 0 aliphatic rings. The zero-order valence-corrected chi connectivity index (χ0v) is 11.7. The molecule has 106 valence electrons. The van der Waals surface area contributed by atoms with E-state index in [0.29, 0.717) is 6.54 Å². The molecule has 0 saturated carbocycles. The first-order valence-electron chi connectivity index (χ1n) is 6.59. The summed E-state index contributed by atoms with van der Waals surface area (Å²) >= 11 is 0. The van der Waals surface area contributed by atoms with Crippen molar-refractivity contribution >= 4 is 0 Å². The Morgan fingerprint density at radius 3 is 2.55 bits per heavy atom. The number of ether oxygens (including phenoxy) is 1. The smallest absolute Gasteiger partial charge is 0.253 e. The summed E-state index contributed by atoms with van der Waals surface area (Å²) in [7, 11) is 0. The highest BCUT2D eigenvalue weighted by Gasteiger charge is 2.08. The van der Waals surface area contributed by atoms with Crippen LogP contribution in [-0.4, -0.2) is 15.7 Å². The van der Waals surface area contributed by atoms with Crippen molar-refractivity contribution in [1.82, 2.24) is 9.55 Å². The lowest BCUT2D eigenvalue weighted by Crippen LogP contribution is -2.26. The quantitative estimate of drug-likeness (QED) is 0.900. The summed E-state index contributed by atoms with van der Waals surface area (Å²) in [6.07, 6.45) is 3.12. The molecule has 0 fully saturated rings. The summed E-state index contributed by atoms with van der Waals surface area (Å²) in [5, 5.41) is 0. The molecular formula is C15H19N3O2. The molecule has 2 aromatic rings. The maximum atomic E-state index is 11.6. The number of nitrogens with two attached hydrogens (primary N) is 1. The molecule has 1 aromatic carbocycles. The molecule has 2 rings (SSSR count). The highest BCUT2D eigenvalue weighted by atomic mass is 16.5. The lowest BCUT2D eigenvalue weighted by atomic mass is 10.1. The number of rotatable bonds is 5. The minimum Gasteiger partial charge on any atom is -0.491 e. The SMILES string of the molecule is CC(C)Oc1ccc(C(N)Cn2cnccc2=O)cc1. The second-order valence-electron chi connectivity index (χ2n) is 4.91. The lowest BCUT2D eigenvalue weighted by molar-refractivity contribution is 0.242. The molecule has 0 saturated heterocycles. The Bertz CT molecular complexity index is 605. The van der Waals surface area contributed by atoms with Crippen molar-refractivity contribution < 1.29 is 4.74 Å². The highest BCUT2D eigenvalue weighted by molar-refractivity contribution is 5.29. The van der Waals surface area contributed by atoms with Crippen LogP contribution in [0.3, 0.4) is 0 Å². The minimum atomic E-state index is -0.259.